The van der Waals surface area contributed by atoms with Crippen LogP contribution < -0.4 is 19.6 Å². The summed E-state index contributed by atoms with van der Waals surface area (Å²) in [6, 6.07) is 13.6. The second-order valence-corrected chi connectivity index (χ2v) is 8.34. The second kappa shape index (κ2) is 9.31. The Bertz CT molecular complexity index is 1310. The summed E-state index contributed by atoms with van der Waals surface area (Å²) in [4.78, 5) is 18.0. The summed E-state index contributed by atoms with van der Waals surface area (Å²) in [6.07, 6.45) is 5.14. The number of methoxy groups -OCH3 is 1. The van der Waals surface area contributed by atoms with Gasteiger partial charge >= 0.3 is 0 Å². The summed E-state index contributed by atoms with van der Waals surface area (Å²) in [6.45, 7) is 4.83. The van der Waals surface area contributed by atoms with Gasteiger partial charge in [0.1, 0.15) is 0 Å². The Morgan fingerprint density at radius 3 is 2.71 bits per heavy atom. The Hall–Kier alpha value is -3.19. The molecular weight excluding hydrogens is 410 g/mol. The number of benzene rings is 2. The molecule has 0 aliphatic rings. The molecule has 2 heterocycles. The molecule has 31 heavy (non-hydrogen) atoms. The van der Waals surface area contributed by atoms with Gasteiger partial charge in [0, 0.05) is 5.56 Å². The molecule has 0 atom stereocenters. The van der Waals surface area contributed by atoms with Crippen molar-refractivity contribution in [3.63, 3.8) is 0 Å². The molecule has 0 unspecified atom stereocenters. The molecule has 4 aromatic rings. The number of fused-ring (bicyclic) bond motifs is 1. The second-order valence-electron chi connectivity index (χ2n) is 7.33. The number of unbranched alkanes of at least 4 members (excludes halogenated alkanes) is 2. The Kier molecular flexibility index (Phi) is 6.32. The maximum Gasteiger partial charge on any atom is 0.291 e. The van der Waals surface area contributed by atoms with Gasteiger partial charge < -0.3 is 9.47 Å². The number of thiazole rings is 1. The SMILES string of the molecule is CCCCCOc1ccc(C=c2sc3nc(-c4ccccc4C)nn3c2=O)cc1OC. The minimum absolute atomic E-state index is 0.175. The first kappa shape index (κ1) is 21.1. The zero-order valence-electron chi connectivity index (χ0n) is 17.9. The van der Waals surface area contributed by atoms with E-state index in [1.165, 1.54) is 15.9 Å². The maximum atomic E-state index is 12.9. The van der Waals surface area contributed by atoms with Crippen LogP contribution in [0.25, 0.3) is 22.4 Å². The molecule has 160 valence electrons. The number of aryl methyl sites for hydroxylation is 1. The quantitative estimate of drug-likeness (QED) is 0.387. The number of rotatable bonds is 8. The summed E-state index contributed by atoms with van der Waals surface area (Å²) in [7, 11) is 1.62. The lowest BCUT2D eigenvalue weighted by atomic mass is 10.1. The van der Waals surface area contributed by atoms with Crippen molar-refractivity contribution in [2.45, 2.75) is 33.1 Å². The standard InChI is InChI=1S/C24H25N3O3S/c1-4-5-8-13-30-19-12-11-17(14-20(19)29-3)15-21-23(28)27-24(31-21)25-22(26-27)18-10-7-6-9-16(18)2/h6-7,9-12,14-15H,4-5,8,13H2,1-3H3. The molecule has 0 saturated carbocycles. The van der Waals surface area contributed by atoms with E-state index in [9.17, 15) is 4.79 Å². The first-order chi connectivity index (χ1) is 15.1. The molecule has 0 spiro atoms. The summed E-state index contributed by atoms with van der Waals surface area (Å²) >= 11 is 1.33. The van der Waals surface area contributed by atoms with Crippen LogP contribution in [-0.2, 0) is 0 Å². The monoisotopic (exact) mass is 435 g/mol. The predicted octanol–water partition coefficient (Wildman–Crippen LogP) is 4.25. The predicted molar refractivity (Wildman–Crippen MR) is 124 cm³/mol. The Morgan fingerprint density at radius 1 is 1.13 bits per heavy atom. The van der Waals surface area contributed by atoms with Crippen molar-refractivity contribution in [3.8, 4) is 22.9 Å². The van der Waals surface area contributed by atoms with Crippen molar-refractivity contribution in [2.24, 2.45) is 0 Å². The molecule has 0 amide bonds. The van der Waals surface area contributed by atoms with Crippen molar-refractivity contribution in [2.75, 3.05) is 13.7 Å². The molecular formula is C24H25N3O3S. The Labute approximate surface area is 184 Å². The fraction of sp³-hybridized carbons (Fsp3) is 0.292. The van der Waals surface area contributed by atoms with Crippen molar-refractivity contribution >= 4 is 22.4 Å². The third-order valence-electron chi connectivity index (χ3n) is 5.06. The molecule has 0 N–H and O–H groups in total. The van der Waals surface area contributed by atoms with E-state index in [1.807, 2.05) is 55.5 Å². The van der Waals surface area contributed by atoms with Crippen LogP contribution in [0.5, 0.6) is 11.5 Å². The van der Waals surface area contributed by atoms with Crippen LogP contribution >= 0.6 is 11.3 Å². The minimum Gasteiger partial charge on any atom is -0.493 e. The van der Waals surface area contributed by atoms with Crippen molar-refractivity contribution < 1.29 is 9.47 Å². The fourth-order valence-electron chi connectivity index (χ4n) is 3.35. The summed E-state index contributed by atoms with van der Waals surface area (Å²) in [5, 5.41) is 4.44. The molecule has 2 aromatic heterocycles. The fourth-order valence-corrected chi connectivity index (χ4v) is 4.26. The lowest BCUT2D eigenvalue weighted by molar-refractivity contribution is 0.286. The summed E-state index contributed by atoms with van der Waals surface area (Å²) in [5.41, 5.74) is 2.69. The van der Waals surface area contributed by atoms with Gasteiger partial charge in [0.2, 0.25) is 4.96 Å². The molecule has 0 aliphatic heterocycles. The molecule has 0 aliphatic carbocycles. The van der Waals surface area contributed by atoms with Crippen molar-refractivity contribution in [1.29, 1.82) is 0 Å². The minimum atomic E-state index is -0.175. The van der Waals surface area contributed by atoms with E-state index in [4.69, 9.17) is 9.47 Å². The molecule has 2 aromatic carbocycles. The van der Waals surface area contributed by atoms with E-state index in [1.54, 1.807) is 7.11 Å². The molecule has 0 fully saturated rings. The first-order valence-electron chi connectivity index (χ1n) is 10.4. The maximum absolute atomic E-state index is 12.9. The van der Waals surface area contributed by atoms with Crippen LogP contribution in [0.2, 0.25) is 0 Å². The van der Waals surface area contributed by atoms with Crippen LogP contribution in [0.1, 0.15) is 37.3 Å². The van der Waals surface area contributed by atoms with Gasteiger partial charge in [0.25, 0.3) is 5.56 Å². The summed E-state index contributed by atoms with van der Waals surface area (Å²) in [5.74, 6) is 1.93. The highest BCUT2D eigenvalue weighted by atomic mass is 32.1. The van der Waals surface area contributed by atoms with Gasteiger partial charge in [-0.05, 0) is 42.7 Å². The third-order valence-corrected chi connectivity index (χ3v) is 6.02. The van der Waals surface area contributed by atoms with Gasteiger partial charge in [-0.1, -0.05) is 61.4 Å². The number of hydrogen-bond donors (Lipinski definition) is 0. The van der Waals surface area contributed by atoms with Gasteiger partial charge in [-0.25, -0.2) is 0 Å². The molecule has 4 rings (SSSR count). The van der Waals surface area contributed by atoms with Crippen LogP contribution in [0.4, 0.5) is 0 Å². The highest BCUT2D eigenvalue weighted by molar-refractivity contribution is 7.15. The van der Waals surface area contributed by atoms with E-state index >= 15 is 0 Å². The van der Waals surface area contributed by atoms with Crippen molar-refractivity contribution in [1.82, 2.24) is 14.6 Å². The smallest absolute Gasteiger partial charge is 0.291 e. The third kappa shape index (κ3) is 4.46. The van der Waals surface area contributed by atoms with Gasteiger partial charge in [0.05, 0.1) is 18.2 Å². The lowest BCUT2D eigenvalue weighted by Crippen LogP contribution is -2.23. The average molecular weight is 436 g/mol. The zero-order chi connectivity index (χ0) is 21.8. The van der Waals surface area contributed by atoms with Gasteiger partial charge in [-0.15, -0.1) is 5.10 Å². The van der Waals surface area contributed by atoms with Crippen molar-refractivity contribution in [3.05, 3.63) is 68.5 Å². The zero-order valence-corrected chi connectivity index (χ0v) is 18.7. The normalized spacial score (nSPS) is 11.9. The Morgan fingerprint density at radius 2 is 1.97 bits per heavy atom. The average Bonchev–Trinajstić information content (AvgIpc) is 3.31. The van der Waals surface area contributed by atoms with Crippen LogP contribution in [-0.4, -0.2) is 28.3 Å². The molecule has 6 nitrogen and oxygen atoms in total. The summed E-state index contributed by atoms with van der Waals surface area (Å²) < 4.78 is 13.3. The Balaban J connectivity index is 1.63. The highest BCUT2D eigenvalue weighted by Gasteiger charge is 2.13. The van der Waals surface area contributed by atoms with E-state index in [0.29, 0.717) is 33.4 Å². The molecule has 7 heteroatoms. The number of aromatic nitrogens is 3. The molecule has 0 bridgehead atoms. The van der Waals surface area contributed by atoms with E-state index in [-0.39, 0.29) is 5.56 Å². The lowest BCUT2D eigenvalue weighted by Gasteiger charge is -2.11. The van der Waals surface area contributed by atoms with Crippen LogP contribution in [0, 0.1) is 6.92 Å². The van der Waals surface area contributed by atoms with E-state index in [0.717, 1.165) is 36.0 Å². The molecule has 0 saturated heterocycles. The highest BCUT2D eigenvalue weighted by Crippen LogP contribution is 2.28. The number of hydrogen-bond acceptors (Lipinski definition) is 6. The largest absolute Gasteiger partial charge is 0.493 e. The van der Waals surface area contributed by atoms with Crippen LogP contribution in [0.15, 0.2) is 47.3 Å². The van der Waals surface area contributed by atoms with Crippen LogP contribution in [0.3, 0.4) is 0 Å². The van der Waals surface area contributed by atoms with Gasteiger partial charge in [-0.2, -0.15) is 9.50 Å². The van der Waals surface area contributed by atoms with E-state index < -0.39 is 0 Å². The number of nitrogens with zero attached hydrogens (tertiary/aromatic N) is 3. The topological polar surface area (TPSA) is 65.7 Å². The van der Waals surface area contributed by atoms with E-state index in [2.05, 4.69) is 17.0 Å². The van der Waals surface area contributed by atoms with Gasteiger partial charge in [-0.3, -0.25) is 4.79 Å². The molecule has 0 radical (unpaired) electrons. The van der Waals surface area contributed by atoms with Gasteiger partial charge in [0.15, 0.2) is 17.3 Å². The number of ether oxygens (including phenoxy) is 2. The first-order valence-corrected chi connectivity index (χ1v) is 11.2.